The van der Waals surface area contributed by atoms with Crippen LogP contribution in [0.4, 0.5) is 5.69 Å². The van der Waals surface area contributed by atoms with Crippen molar-refractivity contribution in [3.63, 3.8) is 0 Å². The lowest BCUT2D eigenvalue weighted by molar-refractivity contribution is -0.138. The van der Waals surface area contributed by atoms with E-state index in [1.807, 2.05) is 25.2 Å². The average Bonchev–Trinajstić information content (AvgIpc) is 2.49. The standard InChI is InChI=1S/C15H22N2O2/c1-12-9-16(2)14(8-15(18)19)11-17(10-12)13-6-4-3-5-7-13/h3-7,12,14H,8-11H2,1-2H3,(H,18,19). The lowest BCUT2D eigenvalue weighted by atomic mass is 10.1. The molecule has 2 unspecified atom stereocenters. The maximum absolute atomic E-state index is 11.0. The van der Waals surface area contributed by atoms with E-state index in [-0.39, 0.29) is 12.5 Å². The van der Waals surface area contributed by atoms with Gasteiger partial charge in [-0.15, -0.1) is 0 Å². The summed E-state index contributed by atoms with van der Waals surface area (Å²) in [7, 11) is 2.03. The number of anilines is 1. The van der Waals surface area contributed by atoms with Gasteiger partial charge in [0.25, 0.3) is 0 Å². The lowest BCUT2D eigenvalue weighted by Gasteiger charge is -2.29. The molecular weight excluding hydrogens is 240 g/mol. The molecule has 1 aliphatic rings. The minimum atomic E-state index is -0.723. The molecule has 1 aromatic rings. The van der Waals surface area contributed by atoms with E-state index >= 15 is 0 Å². The first-order valence-corrected chi connectivity index (χ1v) is 6.78. The van der Waals surface area contributed by atoms with E-state index in [1.54, 1.807) is 0 Å². The van der Waals surface area contributed by atoms with Crippen molar-refractivity contribution in [2.24, 2.45) is 5.92 Å². The number of carboxylic acids is 1. The molecule has 1 heterocycles. The van der Waals surface area contributed by atoms with Gasteiger partial charge in [0.1, 0.15) is 0 Å². The second-order valence-electron chi connectivity index (χ2n) is 5.54. The molecule has 0 aromatic heterocycles. The zero-order chi connectivity index (χ0) is 13.8. The van der Waals surface area contributed by atoms with Crippen molar-refractivity contribution in [1.29, 1.82) is 0 Å². The Kier molecular flexibility index (Phi) is 4.43. The number of hydrogen-bond acceptors (Lipinski definition) is 3. The molecule has 0 aliphatic carbocycles. The van der Waals surface area contributed by atoms with Crippen molar-refractivity contribution < 1.29 is 9.90 Å². The average molecular weight is 262 g/mol. The van der Waals surface area contributed by atoms with E-state index in [0.717, 1.165) is 19.6 Å². The van der Waals surface area contributed by atoms with Gasteiger partial charge in [-0.1, -0.05) is 25.1 Å². The monoisotopic (exact) mass is 262 g/mol. The fourth-order valence-electron chi connectivity index (χ4n) is 2.81. The zero-order valence-electron chi connectivity index (χ0n) is 11.6. The highest BCUT2D eigenvalue weighted by molar-refractivity contribution is 5.67. The van der Waals surface area contributed by atoms with Crippen molar-refractivity contribution >= 4 is 11.7 Å². The van der Waals surface area contributed by atoms with Crippen molar-refractivity contribution in [1.82, 2.24) is 4.90 Å². The van der Waals surface area contributed by atoms with Crippen LogP contribution in [0, 0.1) is 5.92 Å². The normalized spacial score (nSPS) is 25.1. The Bertz CT molecular complexity index is 421. The number of benzene rings is 1. The fourth-order valence-corrected chi connectivity index (χ4v) is 2.81. The summed E-state index contributed by atoms with van der Waals surface area (Å²) in [6, 6.07) is 10.3. The second kappa shape index (κ2) is 6.06. The topological polar surface area (TPSA) is 43.8 Å². The number of likely N-dealkylation sites (N-methyl/N-ethyl adjacent to an activating group) is 1. The van der Waals surface area contributed by atoms with Gasteiger partial charge in [0.15, 0.2) is 0 Å². The molecule has 1 N–H and O–H groups in total. The summed E-state index contributed by atoms with van der Waals surface area (Å²) in [4.78, 5) is 15.5. The predicted molar refractivity (Wildman–Crippen MR) is 76.5 cm³/mol. The van der Waals surface area contributed by atoms with Crippen LogP contribution in [0.25, 0.3) is 0 Å². The molecule has 0 amide bonds. The largest absolute Gasteiger partial charge is 0.481 e. The fraction of sp³-hybridized carbons (Fsp3) is 0.533. The molecule has 19 heavy (non-hydrogen) atoms. The first kappa shape index (κ1) is 13.9. The highest BCUT2D eigenvalue weighted by Crippen LogP contribution is 2.21. The van der Waals surface area contributed by atoms with Crippen LogP contribution in [-0.4, -0.2) is 48.7 Å². The van der Waals surface area contributed by atoms with Gasteiger partial charge in [-0.25, -0.2) is 0 Å². The van der Waals surface area contributed by atoms with Crippen LogP contribution in [0.5, 0.6) is 0 Å². The summed E-state index contributed by atoms with van der Waals surface area (Å²) in [5.41, 5.74) is 1.18. The molecule has 1 fully saturated rings. The number of nitrogens with zero attached hydrogens (tertiary/aromatic N) is 2. The van der Waals surface area contributed by atoms with Crippen molar-refractivity contribution in [2.45, 2.75) is 19.4 Å². The first-order chi connectivity index (χ1) is 9.06. The summed E-state index contributed by atoms with van der Waals surface area (Å²) in [6.07, 6.45) is 0.201. The molecule has 1 saturated heterocycles. The third-order valence-corrected chi connectivity index (χ3v) is 3.72. The summed E-state index contributed by atoms with van der Waals surface area (Å²) < 4.78 is 0. The highest BCUT2D eigenvalue weighted by Gasteiger charge is 2.27. The molecule has 2 atom stereocenters. The summed E-state index contributed by atoms with van der Waals surface area (Å²) in [5, 5.41) is 9.05. The van der Waals surface area contributed by atoms with Crippen LogP contribution < -0.4 is 4.90 Å². The molecule has 0 saturated carbocycles. The highest BCUT2D eigenvalue weighted by atomic mass is 16.4. The Morgan fingerprint density at radius 2 is 1.95 bits per heavy atom. The number of rotatable bonds is 3. The molecule has 1 aliphatic heterocycles. The molecule has 2 rings (SSSR count). The van der Waals surface area contributed by atoms with Gasteiger partial charge in [-0.3, -0.25) is 4.79 Å². The summed E-state index contributed by atoms with van der Waals surface area (Å²) in [6.45, 7) is 4.92. The maximum atomic E-state index is 11.0. The van der Waals surface area contributed by atoms with Gasteiger partial charge < -0.3 is 14.9 Å². The number of para-hydroxylation sites is 1. The van der Waals surface area contributed by atoms with E-state index in [1.165, 1.54) is 5.69 Å². The van der Waals surface area contributed by atoms with Crippen LogP contribution in [0.2, 0.25) is 0 Å². The third-order valence-electron chi connectivity index (χ3n) is 3.72. The van der Waals surface area contributed by atoms with E-state index in [0.29, 0.717) is 5.92 Å². The number of aliphatic carboxylic acids is 1. The van der Waals surface area contributed by atoms with Crippen LogP contribution in [-0.2, 0) is 4.79 Å². The van der Waals surface area contributed by atoms with E-state index < -0.39 is 5.97 Å². The number of carbonyl (C=O) groups is 1. The molecule has 0 radical (unpaired) electrons. The SMILES string of the molecule is CC1CN(c2ccccc2)CC(CC(=O)O)N(C)C1. The van der Waals surface area contributed by atoms with Crippen molar-refractivity contribution in [2.75, 3.05) is 31.6 Å². The molecule has 1 aromatic carbocycles. The molecular formula is C15H22N2O2. The van der Waals surface area contributed by atoms with Gasteiger partial charge in [-0.2, -0.15) is 0 Å². The van der Waals surface area contributed by atoms with E-state index in [2.05, 4.69) is 28.9 Å². The van der Waals surface area contributed by atoms with Crippen LogP contribution >= 0.6 is 0 Å². The molecule has 0 spiro atoms. The second-order valence-corrected chi connectivity index (χ2v) is 5.54. The Labute approximate surface area is 114 Å². The zero-order valence-corrected chi connectivity index (χ0v) is 11.6. The Balaban J connectivity index is 2.17. The molecule has 104 valence electrons. The van der Waals surface area contributed by atoms with Gasteiger partial charge >= 0.3 is 5.97 Å². The summed E-state index contributed by atoms with van der Waals surface area (Å²) in [5.74, 6) is -0.191. The smallest absolute Gasteiger partial charge is 0.305 e. The van der Waals surface area contributed by atoms with Crippen LogP contribution in [0.15, 0.2) is 30.3 Å². The van der Waals surface area contributed by atoms with E-state index in [4.69, 9.17) is 5.11 Å². The van der Waals surface area contributed by atoms with Crippen molar-refractivity contribution in [3.05, 3.63) is 30.3 Å². The molecule has 4 nitrogen and oxygen atoms in total. The van der Waals surface area contributed by atoms with E-state index in [9.17, 15) is 4.79 Å². The van der Waals surface area contributed by atoms with Gasteiger partial charge in [0.05, 0.1) is 6.42 Å². The van der Waals surface area contributed by atoms with Crippen molar-refractivity contribution in [3.8, 4) is 0 Å². The quantitative estimate of drug-likeness (QED) is 0.904. The van der Waals surface area contributed by atoms with Crippen LogP contribution in [0.3, 0.4) is 0 Å². The third kappa shape index (κ3) is 3.70. The number of hydrogen-bond donors (Lipinski definition) is 1. The Morgan fingerprint density at radius 3 is 2.58 bits per heavy atom. The van der Waals surface area contributed by atoms with Crippen LogP contribution in [0.1, 0.15) is 13.3 Å². The van der Waals surface area contributed by atoms with Gasteiger partial charge in [-0.05, 0) is 25.1 Å². The molecule has 0 bridgehead atoms. The Hall–Kier alpha value is -1.55. The maximum Gasteiger partial charge on any atom is 0.305 e. The number of carboxylic acid groups (broad SMARTS) is 1. The minimum absolute atomic E-state index is 0.0719. The lowest BCUT2D eigenvalue weighted by Crippen LogP contribution is -2.40. The minimum Gasteiger partial charge on any atom is -0.481 e. The Morgan fingerprint density at radius 1 is 1.26 bits per heavy atom. The van der Waals surface area contributed by atoms with Gasteiger partial charge in [0.2, 0.25) is 0 Å². The first-order valence-electron chi connectivity index (χ1n) is 6.78. The van der Waals surface area contributed by atoms with Gasteiger partial charge in [0, 0.05) is 31.4 Å². The predicted octanol–water partition coefficient (Wildman–Crippen LogP) is 1.92. The summed E-state index contributed by atoms with van der Waals surface area (Å²) >= 11 is 0. The molecule has 4 heteroatoms.